The molecular weight excluding hydrogens is 1100 g/mol. The number of benzene rings is 6. The Morgan fingerprint density at radius 3 is 1.40 bits per heavy atom. The van der Waals surface area contributed by atoms with E-state index in [4.69, 9.17) is 25.8 Å². The third kappa shape index (κ3) is 22.5. The van der Waals surface area contributed by atoms with E-state index < -0.39 is 0 Å². The lowest BCUT2D eigenvalue weighted by molar-refractivity contribution is 0.100. The number of aliphatic imine (C=N–C) groups is 1. The summed E-state index contributed by atoms with van der Waals surface area (Å²) in [5, 5.41) is 22.1. The first-order chi connectivity index (χ1) is 40.1. The third-order valence-corrected chi connectivity index (χ3v) is 14.2. The number of Topliss-reactive ketones (excluding diaryl/α,β-unsaturated/α-hetero) is 4. The minimum Gasteiger partial charge on any atom is -0.496 e. The zero-order valence-electron chi connectivity index (χ0n) is 54.0. The van der Waals surface area contributed by atoms with Crippen molar-refractivity contribution < 1.29 is 33.4 Å². The van der Waals surface area contributed by atoms with E-state index in [1.807, 2.05) is 86.6 Å². The SMILES string of the molecule is C.CC(=O)c1ccc(C(C)C)c(C)c1.CC(=O)c1ccc(C)c(C(C)C)c1.CC(C)c1ccc(-c2nn[nH]n2)cc1.COc1c(Cl)cc(C(C)=O)cc1C(C)C.COc1cc(C2=NCN=N2)ccc1C(C)C.COc1ccc(C(C)=O)cc1C(C)C. The lowest BCUT2D eigenvalue weighted by atomic mass is 9.95. The van der Waals surface area contributed by atoms with Gasteiger partial charge in [0.25, 0.3) is 0 Å². The van der Waals surface area contributed by atoms with E-state index in [1.54, 1.807) is 54.2 Å². The van der Waals surface area contributed by atoms with Crippen molar-refractivity contribution in [2.75, 3.05) is 28.0 Å². The summed E-state index contributed by atoms with van der Waals surface area (Å²) in [6.07, 6.45) is 0. The molecule has 6 aromatic carbocycles. The fourth-order valence-electron chi connectivity index (χ4n) is 8.90. The first-order valence-electron chi connectivity index (χ1n) is 28.8. The van der Waals surface area contributed by atoms with Gasteiger partial charge in [-0.25, -0.2) is 4.99 Å². The van der Waals surface area contributed by atoms with Crippen molar-refractivity contribution in [1.82, 2.24) is 20.6 Å². The molecule has 0 radical (unpaired) electrons. The van der Waals surface area contributed by atoms with E-state index in [-0.39, 0.29) is 36.5 Å². The molecule has 0 amide bonds. The van der Waals surface area contributed by atoms with Crippen LogP contribution in [0.2, 0.25) is 5.02 Å². The predicted molar refractivity (Wildman–Crippen MR) is 354 cm³/mol. The molecule has 0 aliphatic carbocycles. The first kappa shape index (κ1) is 74.1. The number of tetrazole rings is 1. The van der Waals surface area contributed by atoms with Gasteiger partial charge in [0, 0.05) is 33.4 Å². The number of nitrogens with zero attached hydrogens (tertiary/aromatic N) is 6. The van der Waals surface area contributed by atoms with Gasteiger partial charge in [-0.15, -0.1) is 15.3 Å². The Hall–Kier alpha value is -7.97. The average Bonchev–Trinajstić information content (AvgIpc) is 4.37. The van der Waals surface area contributed by atoms with Crippen LogP contribution in [0.5, 0.6) is 17.2 Å². The molecule has 0 atom stereocenters. The Kier molecular flexibility index (Phi) is 31.1. The van der Waals surface area contributed by atoms with E-state index in [9.17, 15) is 19.2 Å². The van der Waals surface area contributed by atoms with Gasteiger partial charge in [0.05, 0.1) is 26.4 Å². The monoisotopic (exact) mass is 1190 g/mol. The van der Waals surface area contributed by atoms with Crippen LogP contribution in [0.3, 0.4) is 0 Å². The third-order valence-electron chi connectivity index (χ3n) is 13.9. The zero-order valence-corrected chi connectivity index (χ0v) is 54.7. The molecule has 0 fully saturated rings. The normalized spacial score (nSPS) is 11.1. The Labute approximate surface area is 518 Å². The summed E-state index contributed by atoms with van der Waals surface area (Å²) in [4.78, 5) is 48.8. The van der Waals surface area contributed by atoms with Crippen molar-refractivity contribution >= 4 is 40.6 Å². The number of ether oxygens (including phenoxy) is 3. The number of aryl methyl sites for hydroxylation is 2. The summed E-state index contributed by atoms with van der Waals surface area (Å²) >= 11 is 6.05. The van der Waals surface area contributed by atoms with Gasteiger partial charge in [0.2, 0.25) is 5.82 Å². The summed E-state index contributed by atoms with van der Waals surface area (Å²) < 4.78 is 15.8. The number of H-pyrrole nitrogens is 1. The fraction of sp³-hybridized carbons (Fsp3) is 0.408. The molecule has 15 heteroatoms. The van der Waals surface area contributed by atoms with Crippen LogP contribution in [0.25, 0.3) is 11.4 Å². The smallest absolute Gasteiger partial charge is 0.204 e. The predicted octanol–water partition coefficient (Wildman–Crippen LogP) is 19.0. The molecule has 0 saturated heterocycles. The van der Waals surface area contributed by atoms with E-state index in [2.05, 4.69) is 143 Å². The largest absolute Gasteiger partial charge is 0.496 e. The van der Waals surface area contributed by atoms with Gasteiger partial charge in [-0.1, -0.05) is 163 Å². The zero-order chi connectivity index (χ0) is 63.8. The number of carbonyl (C=O) groups excluding carboxylic acids is 4. The van der Waals surface area contributed by atoms with Gasteiger partial charge in [-0.2, -0.15) is 10.3 Å². The number of aromatic nitrogens is 4. The Bertz CT molecular complexity index is 3380. The number of rotatable bonds is 15. The molecule has 0 bridgehead atoms. The number of carbonyl (C=O) groups is 4. The number of hydrogen-bond acceptors (Lipinski definition) is 13. The molecule has 1 aliphatic rings. The van der Waals surface area contributed by atoms with Crippen molar-refractivity contribution in [3.8, 4) is 28.6 Å². The molecule has 1 aliphatic heterocycles. The number of methoxy groups -OCH3 is 3. The number of aromatic amines is 1. The molecule has 0 saturated carbocycles. The molecular formula is C71H94ClN7O7. The van der Waals surface area contributed by atoms with Gasteiger partial charge in [-0.3, -0.25) is 19.2 Å². The van der Waals surface area contributed by atoms with Crippen LogP contribution >= 0.6 is 11.6 Å². The Balaban J connectivity index is 0.000000352. The quantitative estimate of drug-likeness (QED) is 0.0968. The van der Waals surface area contributed by atoms with Crippen molar-refractivity contribution in [3.63, 3.8) is 0 Å². The molecule has 86 heavy (non-hydrogen) atoms. The number of azo groups is 1. The van der Waals surface area contributed by atoms with Gasteiger partial charge >= 0.3 is 0 Å². The Morgan fingerprint density at radius 2 is 0.953 bits per heavy atom. The topological polar surface area (TPSA) is 188 Å². The summed E-state index contributed by atoms with van der Waals surface area (Å²) in [6, 6.07) is 35.2. The highest BCUT2D eigenvalue weighted by Crippen LogP contribution is 2.35. The standard InChI is InChI=1S/C12H15ClO2.C12H15N3O.C12H16O2.2C12H16O.C10H12N4.CH4/c1-7(2)10-5-9(8(3)14)6-11(13)12(10)15-4;1-8(2)10-5-4-9(6-11(10)16-3)12-13-7-14-15-12;1-8(2)11-7-10(9(3)13)5-6-12(11)14-4;1-8(2)12-6-5-11(10(4)13)7-9(12)3;1-8(2)12-7-11(10(4)13)6-5-9(12)3;1-7(2)8-3-5-9(6-4-8)10-11-13-14-12-10;/h5-7H,1-4H3;4-6,8H,7H2,1-3H3;5-8H,1-4H3;2*5-8H,1-4H3;3-7H,1-2H3,(H,11,12,13,14);1H4. The summed E-state index contributed by atoms with van der Waals surface area (Å²) in [6.45, 7) is 36.4. The molecule has 2 heterocycles. The molecule has 7 aromatic rings. The summed E-state index contributed by atoms with van der Waals surface area (Å²) in [5.41, 5.74) is 14.6. The van der Waals surface area contributed by atoms with Crippen molar-refractivity contribution in [2.45, 2.75) is 168 Å². The lowest BCUT2D eigenvalue weighted by Gasteiger charge is -2.14. The molecule has 14 nitrogen and oxygen atoms in total. The highest BCUT2D eigenvalue weighted by atomic mass is 35.5. The van der Waals surface area contributed by atoms with E-state index in [1.165, 1.54) is 40.3 Å². The molecule has 1 aromatic heterocycles. The molecule has 8 rings (SSSR count). The van der Waals surface area contributed by atoms with Crippen LogP contribution in [0.15, 0.2) is 124 Å². The van der Waals surface area contributed by atoms with E-state index in [0.29, 0.717) is 64.3 Å². The number of halogens is 1. The van der Waals surface area contributed by atoms with Crippen molar-refractivity contribution in [2.24, 2.45) is 15.2 Å². The van der Waals surface area contributed by atoms with Crippen LogP contribution in [0, 0.1) is 13.8 Å². The second-order valence-corrected chi connectivity index (χ2v) is 22.9. The van der Waals surface area contributed by atoms with Crippen LogP contribution in [-0.2, 0) is 0 Å². The van der Waals surface area contributed by atoms with Crippen molar-refractivity contribution in [3.05, 3.63) is 187 Å². The summed E-state index contributed by atoms with van der Waals surface area (Å²) in [5.74, 6) is 6.76. The van der Waals surface area contributed by atoms with Crippen LogP contribution in [0.4, 0.5) is 0 Å². The number of hydrogen-bond donors (Lipinski definition) is 1. The first-order valence-corrected chi connectivity index (χ1v) is 29.2. The highest BCUT2D eigenvalue weighted by molar-refractivity contribution is 6.32. The summed E-state index contributed by atoms with van der Waals surface area (Å²) in [7, 11) is 4.91. The van der Waals surface area contributed by atoms with Crippen LogP contribution in [-0.4, -0.2) is 77.6 Å². The minimum absolute atomic E-state index is 0. The second kappa shape index (κ2) is 36.1. The second-order valence-electron chi connectivity index (χ2n) is 22.5. The molecule has 1 N–H and O–H groups in total. The number of nitrogens with one attached hydrogen (secondary N) is 1. The highest BCUT2D eigenvalue weighted by Gasteiger charge is 2.16. The number of amidine groups is 1. The molecule has 0 unspecified atom stereocenters. The van der Waals surface area contributed by atoms with Gasteiger partial charge < -0.3 is 14.2 Å². The van der Waals surface area contributed by atoms with Gasteiger partial charge in [-0.05, 0) is 175 Å². The van der Waals surface area contributed by atoms with Gasteiger partial charge in [0.1, 0.15) is 17.2 Å². The van der Waals surface area contributed by atoms with Crippen LogP contribution in [0.1, 0.15) is 245 Å². The molecule has 0 spiro atoms. The fourth-order valence-corrected chi connectivity index (χ4v) is 9.20. The minimum atomic E-state index is 0. The molecule has 462 valence electrons. The van der Waals surface area contributed by atoms with Gasteiger partial charge in [0.15, 0.2) is 35.6 Å². The maximum atomic E-state index is 11.3. The van der Waals surface area contributed by atoms with E-state index >= 15 is 0 Å². The maximum Gasteiger partial charge on any atom is 0.204 e. The average molecular weight is 1190 g/mol. The number of ketones is 4. The van der Waals surface area contributed by atoms with E-state index in [0.717, 1.165) is 50.4 Å². The van der Waals surface area contributed by atoms with Crippen LogP contribution < -0.4 is 14.2 Å². The Morgan fingerprint density at radius 1 is 0.477 bits per heavy atom. The maximum absolute atomic E-state index is 11.3. The van der Waals surface area contributed by atoms with Crippen molar-refractivity contribution in [1.29, 1.82) is 0 Å². The lowest BCUT2D eigenvalue weighted by Crippen LogP contribution is -2.00.